The number of fused-ring (bicyclic) bond motifs is 1. The van der Waals surface area contributed by atoms with E-state index in [0.717, 1.165) is 6.42 Å². The predicted octanol–water partition coefficient (Wildman–Crippen LogP) is 2.35. The molecule has 0 N–H and O–H groups in total. The molecule has 0 aromatic heterocycles. The van der Waals surface area contributed by atoms with Crippen LogP contribution >= 0.6 is 0 Å². The Hall–Kier alpha value is -1.05. The lowest BCUT2D eigenvalue weighted by molar-refractivity contribution is 0.433. The number of halogens is 1. The molecule has 11 heavy (non-hydrogen) atoms. The van der Waals surface area contributed by atoms with Crippen molar-refractivity contribution in [2.75, 3.05) is 0 Å². The van der Waals surface area contributed by atoms with Crippen LogP contribution in [0.5, 0.6) is 0 Å². The molecule has 0 bridgehead atoms. The first-order valence-electron chi connectivity index (χ1n) is 3.76. The van der Waals surface area contributed by atoms with Gasteiger partial charge in [0.15, 0.2) is 0 Å². The summed E-state index contributed by atoms with van der Waals surface area (Å²) in [7, 11) is 0. The topological polar surface area (TPSA) is 3.24 Å². The quantitative estimate of drug-likeness (QED) is 0.513. The number of rotatable bonds is 0. The van der Waals surface area contributed by atoms with Crippen LogP contribution in [0.4, 0.5) is 4.39 Å². The number of hydrogen-bond acceptors (Lipinski definition) is 1. The van der Waals surface area contributed by atoms with E-state index in [2.05, 4.69) is 6.92 Å². The SMILES string of the molecule is CC1=CN2C=C(F)C=CC2C1. The van der Waals surface area contributed by atoms with Gasteiger partial charge in [0.1, 0.15) is 5.83 Å². The van der Waals surface area contributed by atoms with E-state index in [1.165, 1.54) is 11.6 Å². The van der Waals surface area contributed by atoms with Crippen LogP contribution in [0, 0.1) is 0 Å². The Balaban J connectivity index is 2.26. The van der Waals surface area contributed by atoms with Crippen molar-refractivity contribution < 1.29 is 4.39 Å². The van der Waals surface area contributed by atoms with Gasteiger partial charge in [-0.3, -0.25) is 0 Å². The Morgan fingerprint density at radius 1 is 1.55 bits per heavy atom. The molecule has 0 aliphatic carbocycles. The molecule has 0 aromatic carbocycles. The highest BCUT2D eigenvalue weighted by atomic mass is 19.1. The standard InChI is InChI=1S/C9H10FN/c1-7-4-9-3-2-8(10)6-11(9)5-7/h2-3,5-6,9H,4H2,1H3. The Morgan fingerprint density at radius 3 is 3.18 bits per heavy atom. The summed E-state index contributed by atoms with van der Waals surface area (Å²) in [5.74, 6) is -0.160. The maximum absolute atomic E-state index is 12.7. The largest absolute Gasteiger partial charge is 0.344 e. The third-order valence-corrected chi connectivity index (χ3v) is 2.03. The molecule has 1 unspecified atom stereocenters. The molecule has 2 heterocycles. The number of hydrogen-bond donors (Lipinski definition) is 0. The van der Waals surface area contributed by atoms with Gasteiger partial charge in [-0.2, -0.15) is 0 Å². The first-order chi connectivity index (χ1) is 5.25. The fourth-order valence-corrected chi connectivity index (χ4v) is 1.53. The second-order valence-corrected chi connectivity index (χ2v) is 3.07. The molecule has 1 atom stereocenters. The summed E-state index contributed by atoms with van der Waals surface area (Å²) in [6.45, 7) is 2.07. The van der Waals surface area contributed by atoms with Crippen LogP contribution in [0.2, 0.25) is 0 Å². The van der Waals surface area contributed by atoms with Crippen molar-refractivity contribution in [1.82, 2.24) is 4.90 Å². The highest BCUT2D eigenvalue weighted by molar-refractivity contribution is 5.26. The molecule has 0 saturated carbocycles. The molecule has 0 aromatic rings. The Bertz CT molecular complexity index is 263. The smallest absolute Gasteiger partial charge is 0.139 e. The molecular formula is C9H10FN. The summed E-state index contributed by atoms with van der Waals surface area (Å²) in [4.78, 5) is 1.92. The average Bonchev–Trinajstić information content (AvgIpc) is 2.27. The molecule has 0 spiro atoms. The van der Waals surface area contributed by atoms with Crippen molar-refractivity contribution in [1.29, 1.82) is 0 Å². The molecule has 2 aliphatic rings. The minimum atomic E-state index is -0.160. The normalized spacial score (nSPS) is 28.2. The zero-order valence-corrected chi connectivity index (χ0v) is 6.42. The van der Waals surface area contributed by atoms with Crippen molar-refractivity contribution in [3.8, 4) is 0 Å². The summed E-state index contributed by atoms with van der Waals surface area (Å²) in [6.07, 6.45) is 8.01. The van der Waals surface area contributed by atoms with Gasteiger partial charge in [0.25, 0.3) is 0 Å². The van der Waals surface area contributed by atoms with E-state index in [1.54, 1.807) is 6.20 Å². The average molecular weight is 151 g/mol. The summed E-state index contributed by atoms with van der Waals surface area (Å²) >= 11 is 0. The van der Waals surface area contributed by atoms with Crippen molar-refractivity contribution in [3.05, 3.63) is 36.0 Å². The second kappa shape index (κ2) is 2.22. The molecule has 0 radical (unpaired) electrons. The van der Waals surface area contributed by atoms with E-state index in [1.807, 2.05) is 17.2 Å². The van der Waals surface area contributed by atoms with Gasteiger partial charge in [-0.15, -0.1) is 0 Å². The van der Waals surface area contributed by atoms with E-state index in [-0.39, 0.29) is 5.83 Å². The van der Waals surface area contributed by atoms with Crippen LogP contribution in [0.1, 0.15) is 13.3 Å². The molecule has 58 valence electrons. The van der Waals surface area contributed by atoms with Gasteiger partial charge in [-0.25, -0.2) is 4.39 Å². The summed E-state index contributed by atoms with van der Waals surface area (Å²) < 4.78 is 12.7. The zero-order valence-electron chi connectivity index (χ0n) is 6.42. The van der Waals surface area contributed by atoms with E-state index >= 15 is 0 Å². The summed E-state index contributed by atoms with van der Waals surface area (Å²) in [5, 5.41) is 0. The lowest BCUT2D eigenvalue weighted by atomic mass is 10.1. The van der Waals surface area contributed by atoms with E-state index < -0.39 is 0 Å². The van der Waals surface area contributed by atoms with E-state index in [0.29, 0.717) is 6.04 Å². The molecule has 2 aliphatic heterocycles. The van der Waals surface area contributed by atoms with Crippen LogP contribution in [-0.4, -0.2) is 10.9 Å². The minimum Gasteiger partial charge on any atom is -0.344 e. The van der Waals surface area contributed by atoms with Crippen molar-refractivity contribution in [2.45, 2.75) is 19.4 Å². The van der Waals surface area contributed by atoms with Crippen molar-refractivity contribution in [2.24, 2.45) is 0 Å². The van der Waals surface area contributed by atoms with Crippen LogP contribution in [0.25, 0.3) is 0 Å². The van der Waals surface area contributed by atoms with Crippen LogP contribution in [0.3, 0.4) is 0 Å². The summed E-state index contributed by atoms with van der Waals surface area (Å²) in [5.41, 5.74) is 1.31. The van der Waals surface area contributed by atoms with Crippen molar-refractivity contribution in [3.63, 3.8) is 0 Å². The Kier molecular flexibility index (Phi) is 1.34. The van der Waals surface area contributed by atoms with Gasteiger partial charge in [0, 0.05) is 12.4 Å². The molecule has 0 fully saturated rings. The van der Waals surface area contributed by atoms with Gasteiger partial charge in [-0.05, 0) is 19.4 Å². The molecule has 1 nitrogen and oxygen atoms in total. The second-order valence-electron chi connectivity index (χ2n) is 3.07. The fourth-order valence-electron chi connectivity index (χ4n) is 1.53. The number of allylic oxidation sites excluding steroid dienone is 2. The lowest BCUT2D eigenvalue weighted by Crippen LogP contribution is -2.21. The van der Waals surface area contributed by atoms with Gasteiger partial charge < -0.3 is 4.90 Å². The predicted molar refractivity (Wildman–Crippen MR) is 42.3 cm³/mol. The Morgan fingerprint density at radius 2 is 2.36 bits per heavy atom. The highest BCUT2D eigenvalue weighted by Crippen LogP contribution is 2.26. The third-order valence-electron chi connectivity index (χ3n) is 2.03. The van der Waals surface area contributed by atoms with Gasteiger partial charge >= 0.3 is 0 Å². The molecular weight excluding hydrogens is 141 g/mol. The first kappa shape index (κ1) is 6.65. The zero-order chi connectivity index (χ0) is 7.84. The summed E-state index contributed by atoms with van der Waals surface area (Å²) in [6, 6.07) is 0.370. The fraction of sp³-hybridized carbons (Fsp3) is 0.333. The molecule has 0 amide bonds. The Labute approximate surface area is 65.5 Å². The monoisotopic (exact) mass is 151 g/mol. The lowest BCUT2D eigenvalue weighted by Gasteiger charge is -2.21. The minimum absolute atomic E-state index is 0.160. The molecule has 2 heteroatoms. The van der Waals surface area contributed by atoms with E-state index in [4.69, 9.17) is 0 Å². The van der Waals surface area contributed by atoms with Gasteiger partial charge in [0.05, 0.1) is 6.04 Å². The maximum Gasteiger partial charge on any atom is 0.139 e. The van der Waals surface area contributed by atoms with Crippen LogP contribution in [-0.2, 0) is 0 Å². The van der Waals surface area contributed by atoms with Gasteiger partial charge in [-0.1, -0.05) is 11.6 Å². The van der Waals surface area contributed by atoms with Gasteiger partial charge in [0.2, 0.25) is 0 Å². The molecule has 0 saturated heterocycles. The molecule has 2 rings (SSSR count). The van der Waals surface area contributed by atoms with E-state index in [9.17, 15) is 4.39 Å². The van der Waals surface area contributed by atoms with Crippen LogP contribution in [0.15, 0.2) is 36.0 Å². The van der Waals surface area contributed by atoms with Crippen molar-refractivity contribution >= 4 is 0 Å². The third kappa shape index (κ3) is 1.09. The van der Waals surface area contributed by atoms with Crippen LogP contribution < -0.4 is 0 Å². The maximum atomic E-state index is 12.7. The number of nitrogens with zero attached hydrogens (tertiary/aromatic N) is 1. The first-order valence-corrected chi connectivity index (χ1v) is 3.76. The highest BCUT2D eigenvalue weighted by Gasteiger charge is 2.21.